The van der Waals surface area contributed by atoms with Crippen molar-refractivity contribution in [3.63, 3.8) is 0 Å². The zero-order chi connectivity index (χ0) is 14.1. The molecule has 3 aliphatic heterocycles. The summed E-state index contributed by atoms with van der Waals surface area (Å²) in [5.41, 5.74) is 6.18. The molecule has 0 aromatic rings. The monoisotopic (exact) mass is 279 g/mol. The van der Waals surface area contributed by atoms with E-state index in [0.29, 0.717) is 24.0 Å². The topological polar surface area (TPSA) is 49.6 Å². The second-order valence-corrected chi connectivity index (χ2v) is 6.98. The molecule has 0 saturated carbocycles. The molecule has 3 heterocycles. The van der Waals surface area contributed by atoms with Crippen molar-refractivity contribution in [2.24, 2.45) is 5.73 Å². The van der Waals surface area contributed by atoms with Crippen molar-refractivity contribution in [1.29, 1.82) is 0 Å². The van der Waals surface area contributed by atoms with E-state index in [1.807, 2.05) is 0 Å². The summed E-state index contributed by atoms with van der Waals surface area (Å²) in [5, 5.41) is 0. The fourth-order valence-electron chi connectivity index (χ4n) is 4.60. The third-order valence-electron chi connectivity index (χ3n) is 5.54. The smallest absolute Gasteiger partial charge is 0.239 e. The van der Waals surface area contributed by atoms with Gasteiger partial charge in [0, 0.05) is 31.2 Å². The van der Waals surface area contributed by atoms with Gasteiger partial charge < -0.3 is 10.6 Å². The van der Waals surface area contributed by atoms with Crippen LogP contribution in [0.5, 0.6) is 0 Å². The molecule has 1 amide bonds. The van der Waals surface area contributed by atoms with Crippen LogP contribution in [0, 0.1) is 0 Å². The van der Waals surface area contributed by atoms with Crippen molar-refractivity contribution < 1.29 is 4.79 Å². The molecule has 0 aromatic carbocycles. The third-order valence-corrected chi connectivity index (χ3v) is 5.54. The molecule has 0 aromatic heterocycles. The highest BCUT2D eigenvalue weighted by atomic mass is 16.2. The quantitative estimate of drug-likeness (QED) is 0.837. The highest BCUT2D eigenvalue weighted by Gasteiger charge is 2.42. The van der Waals surface area contributed by atoms with Gasteiger partial charge in [-0.25, -0.2) is 0 Å². The van der Waals surface area contributed by atoms with E-state index < -0.39 is 0 Å². The molecule has 3 aliphatic rings. The summed E-state index contributed by atoms with van der Waals surface area (Å²) >= 11 is 0. The minimum absolute atomic E-state index is 0.0518. The maximum absolute atomic E-state index is 12.8. The van der Waals surface area contributed by atoms with Crippen molar-refractivity contribution in [2.75, 3.05) is 13.1 Å². The second kappa shape index (κ2) is 6.02. The lowest BCUT2D eigenvalue weighted by molar-refractivity contribution is -0.142. The molecule has 3 unspecified atom stereocenters. The lowest BCUT2D eigenvalue weighted by Crippen LogP contribution is -2.61. The Labute approximate surface area is 122 Å². The number of carbonyl (C=O) groups is 1. The largest absolute Gasteiger partial charge is 0.341 e. The minimum atomic E-state index is 0.0518. The summed E-state index contributed by atoms with van der Waals surface area (Å²) in [4.78, 5) is 17.4. The van der Waals surface area contributed by atoms with Crippen molar-refractivity contribution in [1.82, 2.24) is 9.80 Å². The van der Waals surface area contributed by atoms with Crippen molar-refractivity contribution in [2.45, 2.75) is 82.5 Å². The van der Waals surface area contributed by atoms with Gasteiger partial charge in [-0.3, -0.25) is 9.69 Å². The van der Waals surface area contributed by atoms with Crippen LogP contribution in [0.2, 0.25) is 0 Å². The average molecular weight is 279 g/mol. The highest BCUT2D eigenvalue weighted by molar-refractivity contribution is 5.81. The Balaban J connectivity index is 1.69. The molecule has 0 aliphatic carbocycles. The summed E-state index contributed by atoms with van der Waals surface area (Å²) in [5.74, 6) is 0.358. The first-order chi connectivity index (χ1) is 9.66. The van der Waals surface area contributed by atoms with Gasteiger partial charge >= 0.3 is 0 Å². The van der Waals surface area contributed by atoms with Gasteiger partial charge in [-0.15, -0.1) is 0 Å². The van der Waals surface area contributed by atoms with E-state index in [-0.39, 0.29) is 6.04 Å². The Morgan fingerprint density at radius 3 is 2.25 bits per heavy atom. The molecule has 3 rings (SSSR count). The van der Waals surface area contributed by atoms with Gasteiger partial charge in [-0.1, -0.05) is 6.42 Å². The Hall–Kier alpha value is -0.610. The molecular weight excluding hydrogens is 250 g/mol. The number of fused-ring (bicyclic) bond motifs is 2. The molecule has 2 bridgehead atoms. The fraction of sp³-hybridized carbons (Fsp3) is 0.938. The zero-order valence-electron chi connectivity index (χ0n) is 12.8. The van der Waals surface area contributed by atoms with E-state index in [1.165, 1.54) is 38.5 Å². The summed E-state index contributed by atoms with van der Waals surface area (Å²) in [6, 6.07) is 1.48. The second-order valence-electron chi connectivity index (χ2n) is 6.98. The minimum Gasteiger partial charge on any atom is -0.341 e. The van der Waals surface area contributed by atoms with Crippen molar-refractivity contribution in [3.8, 4) is 0 Å². The number of nitrogens with zero attached hydrogens (tertiary/aromatic N) is 2. The molecule has 4 nitrogen and oxygen atoms in total. The maximum Gasteiger partial charge on any atom is 0.239 e. The lowest BCUT2D eigenvalue weighted by Gasteiger charge is -2.51. The number of likely N-dealkylation sites (tertiary alicyclic amines) is 1. The van der Waals surface area contributed by atoms with E-state index in [0.717, 1.165) is 25.9 Å². The summed E-state index contributed by atoms with van der Waals surface area (Å²) in [6.07, 6.45) is 9.55. The van der Waals surface area contributed by atoms with Crippen LogP contribution in [-0.4, -0.2) is 53.0 Å². The predicted octanol–water partition coefficient (Wildman–Crippen LogP) is 1.73. The molecule has 4 heteroatoms. The number of rotatable bonds is 2. The van der Waals surface area contributed by atoms with Crippen LogP contribution < -0.4 is 5.73 Å². The van der Waals surface area contributed by atoms with E-state index in [1.54, 1.807) is 0 Å². The first-order valence-electron chi connectivity index (χ1n) is 8.48. The average Bonchev–Trinajstić information content (AvgIpc) is 2.46. The Morgan fingerprint density at radius 2 is 1.65 bits per heavy atom. The van der Waals surface area contributed by atoms with Gasteiger partial charge in [-0.2, -0.15) is 0 Å². The normalized spacial score (nSPS) is 36.7. The number of amides is 1. The van der Waals surface area contributed by atoms with Crippen LogP contribution in [0.4, 0.5) is 0 Å². The molecular formula is C16H29N3O. The fourth-order valence-corrected chi connectivity index (χ4v) is 4.60. The third kappa shape index (κ3) is 2.73. The van der Waals surface area contributed by atoms with Crippen molar-refractivity contribution in [3.05, 3.63) is 0 Å². The molecule has 0 radical (unpaired) electrons. The van der Waals surface area contributed by atoms with E-state index in [9.17, 15) is 4.79 Å². The van der Waals surface area contributed by atoms with Crippen LogP contribution in [0.3, 0.4) is 0 Å². The molecule has 3 saturated heterocycles. The summed E-state index contributed by atoms with van der Waals surface area (Å²) < 4.78 is 0. The predicted molar refractivity (Wildman–Crippen MR) is 80.4 cm³/mol. The first-order valence-corrected chi connectivity index (χ1v) is 8.48. The standard InChI is InChI=1S/C16H29N3O/c1-12(16(20)18-8-3-2-4-9-18)19-14-6-5-7-15(19)11-13(17)10-14/h12-15H,2-11,17H2,1H3. The van der Waals surface area contributed by atoms with E-state index >= 15 is 0 Å². The van der Waals surface area contributed by atoms with Crippen LogP contribution in [-0.2, 0) is 4.79 Å². The highest BCUT2D eigenvalue weighted by Crippen LogP contribution is 2.35. The van der Waals surface area contributed by atoms with Gasteiger partial charge in [-0.05, 0) is 51.9 Å². The van der Waals surface area contributed by atoms with Crippen LogP contribution in [0.25, 0.3) is 0 Å². The number of hydrogen-bond donors (Lipinski definition) is 1. The number of hydrogen-bond acceptors (Lipinski definition) is 3. The van der Waals surface area contributed by atoms with Crippen LogP contribution >= 0.6 is 0 Å². The SMILES string of the molecule is CC(C(=O)N1CCCCC1)N1C2CCCC1CC(N)C2. The van der Waals surface area contributed by atoms with Crippen LogP contribution in [0.15, 0.2) is 0 Å². The van der Waals surface area contributed by atoms with E-state index in [4.69, 9.17) is 5.73 Å². The molecule has 3 fully saturated rings. The number of carbonyl (C=O) groups excluding carboxylic acids is 1. The van der Waals surface area contributed by atoms with Crippen molar-refractivity contribution >= 4 is 5.91 Å². The Bertz CT molecular complexity index is 340. The summed E-state index contributed by atoms with van der Waals surface area (Å²) in [6.45, 7) is 4.05. The van der Waals surface area contributed by atoms with Gasteiger partial charge in [0.1, 0.15) is 0 Å². The van der Waals surface area contributed by atoms with Gasteiger partial charge in [0.2, 0.25) is 5.91 Å². The lowest BCUT2D eigenvalue weighted by atomic mass is 9.81. The summed E-state index contributed by atoms with van der Waals surface area (Å²) in [7, 11) is 0. The van der Waals surface area contributed by atoms with Gasteiger partial charge in [0.25, 0.3) is 0 Å². The zero-order valence-corrected chi connectivity index (χ0v) is 12.8. The van der Waals surface area contributed by atoms with Gasteiger partial charge in [0.15, 0.2) is 0 Å². The molecule has 0 spiro atoms. The molecule has 3 atom stereocenters. The molecule has 20 heavy (non-hydrogen) atoms. The Kier molecular flexibility index (Phi) is 4.32. The molecule has 114 valence electrons. The van der Waals surface area contributed by atoms with Crippen LogP contribution in [0.1, 0.15) is 58.3 Å². The number of piperidine rings is 3. The maximum atomic E-state index is 12.8. The van der Waals surface area contributed by atoms with Gasteiger partial charge in [0.05, 0.1) is 6.04 Å². The first kappa shape index (κ1) is 14.3. The molecule has 2 N–H and O–H groups in total. The Morgan fingerprint density at radius 1 is 1.05 bits per heavy atom. The number of nitrogens with two attached hydrogens (primary N) is 1. The van der Waals surface area contributed by atoms with E-state index in [2.05, 4.69) is 16.7 Å².